The number of benzene rings is 1. The molecule has 122 valence electrons. The van der Waals surface area contributed by atoms with Crippen LogP contribution in [0.1, 0.15) is 24.3 Å². The number of ether oxygens (including phenoxy) is 2. The number of allylic oxidation sites excluding steroid dienone is 1. The number of rotatable bonds is 8. The lowest BCUT2D eigenvalue weighted by molar-refractivity contribution is -0.123. The summed E-state index contributed by atoms with van der Waals surface area (Å²) in [5.74, 6) is 1.59. The number of carbonyl (C=O) groups excluding carboxylic acids is 1. The Balaban J connectivity index is 1.92. The van der Waals surface area contributed by atoms with Crippen molar-refractivity contribution in [3.05, 3.63) is 60.6 Å². The number of nitrogens with one attached hydrogen (secondary N) is 1. The fourth-order valence-electron chi connectivity index (χ4n) is 2.16. The first-order chi connectivity index (χ1) is 11.1. The van der Waals surface area contributed by atoms with Crippen molar-refractivity contribution in [3.63, 3.8) is 0 Å². The second kappa shape index (κ2) is 8.08. The summed E-state index contributed by atoms with van der Waals surface area (Å²) in [6.07, 6.45) is 4.14. The van der Waals surface area contributed by atoms with E-state index in [-0.39, 0.29) is 18.6 Å². The molecular formula is C18H21NO4. The lowest BCUT2D eigenvalue weighted by Crippen LogP contribution is -2.31. The second-order valence-corrected chi connectivity index (χ2v) is 5.07. The highest BCUT2D eigenvalue weighted by Crippen LogP contribution is 2.28. The molecule has 2 rings (SSSR count). The van der Waals surface area contributed by atoms with Gasteiger partial charge in [-0.25, -0.2) is 0 Å². The monoisotopic (exact) mass is 315 g/mol. The maximum Gasteiger partial charge on any atom is 0.258 e. The number of amides is 1. The minimum Gasteiger partial charge on any atom is -0.493 e. The molecule has 23 heavy (non-hydrogen) atoms. The Labute approximate surface area is 135 Å². The summed E-state index contributed by atoms with van der Waals surface area (Å²) >= 11 is 0. The molecule has 1 aromatic carbocycles. The van der Waals surface area contributed by atoms with E-state index in [2.05, 4.69) is 11.9 Å². The van der Waals surface area contributed by atoms with Gasteiger partial charge in [0.15, 0.2) is 18.1 Å². The van der Waals surface area contributed by atoms with Gasteiger partial charge in [0.2, 0.25) is 0 Å². The van der Waals surface area contributed by atoms with Crippen LogP contribution in [0.15, 0.2) is 53.7 Å². The van der Waals surface area contributed by atoms with Crippen LogP contribution in [0.5, 0.6) is 11.5 Å². The smallest absolute Gasteiger partial charge is 0.258 e. The molecule has 5 nitrogen and oxygen atoms in total. The van der Waals surface area contributed by atoms with Gasteiger partial charge in [0.25, 0.3) is 5.91 Å². The first-order valence-electron chi connectivity index (χ1n) is 7.37. The lowest BCUT2D eigenvalue weighted by Gasteiger charge is -2.14. The predicted octanol–water partition coefficient (Wildman–Crippen LogP) is 3.27. The van der Waals surface area contributed by atoms with E-state index in [0.717, 1.165) is 12.0 Å². The highest BCUT2D eigenvalue weighted by Gasteiger charge is 2.13. The zero-order chi connectivity index (χ0) is 16.7. The molecule has 0 saturated heterocycles. The summed E-state index contributed by atoms with van der Waals surface area (Å²) in [4.78, 5) is 12.0. The molecule has 0 aliphatic rings. The Morgan fingerprint density at radius 2 is 2.22 bits per heavy atom. The molecular weight excluding hydrogens is 294 g/mol. The number of hydrogen-bond acceptors (Lipinski definition) is 4. The molecule has 0 bridgehead atoms. The molecule has 0 spiro atoms. The van der Waals surface area contributed by atoms with Crippen molar-refractivity contribution in [1.82, 2.24) is 5.32 Å². The minimum atomic E-state index is -0.230. The largest absolute Gasteiger partial charge is 0.493 e. The molecule has 1 unspecified atom stereocenters. The molecule has 0 aliphatic carbocycles. The highest BCUT2D eigenvalue weighted by molar-refractivity contribution is 5.78. The van der Waals surface area contributed by atoms with E-state index >= 15 is 0 Å². The fraction of sp³-hybridized carbons (Fsp3) is 0.278. The van der Waals surface area contributed by atoms with Gasteiger partial charge in [0.05, 0.1) is 19.4 Å². The summed E-state index contributed by atoms with van der Waals surface area (Å²) in [5.41, 5.74) is 1.07. The van der Waals surface area contributed by atoms with Gasteiger partial charge in [-0.15, -0.1) is 6.58 Å². The molecule has 0 radical (unpaired) electrons. The Morgan fingerprint density at radius 3 is 2.87 bits per heavy atom. The van der Waals surface area contributed by atoms with Crippen LogP contribution in [-0.2, 0) is 11.2 Å². The third-order valence-corrected chi connectivity index (χ3v) is 3.31. The first kappa shape index (κ1) is 16.7. The normalized spacial score (nSPS) is 11.6. The van der Waals surface area contributed by atoms with Crippen LogP contribution in [-0.4, -0.2) is 19.6 Å². The van der Waals surface area contributed by atoms with E-state index in [1.807, 2.05) is 31.2 Å². The van der Waals surface area contributed by atoms with Gasteiger partial charge in [0.1, 0.15) is 5.76 Å². The van der Waals surface area contributed by atoms with Crippen LogP contribution in [0.4, 0.5) is 0 Å². The van der Waals surface area contributed by atoms with Crippen molar-refractivity contribution in [1.29, 1.82) is 0 Å². The number of carbonyl (C=O) groups is 1. The molecule has 1 N–H and O–H groups in total. The predicted molar refractivity (Wildman–Crippen MR) is 87.7 cm³/mol. The highest BCUT2D eigenvalue weighted by atomic mass is 16.5. The molecule has 1 amide bonds. The molecule has 1 atom stereocenters. The molecule has 5 heteroatoms. The Morgan fingerprint density at radius 1 is 1.39 bits per heavy atom. The third kappa shape index (κ3) is 4.64. The van der Waals surface area contributed by atoms with E-state index < -0.39 is 0 Å². The van der Waals surface area contributed by atoms with Gasteiger partial charge in [-0.05, 0) is 43.2 Å². The number of methoxy groups -OCH3 is 1. The van der Waals surface area contributed by atoms with Crippen LogP contribution in [0, 0.1) is 0 Å². The Kier molecular flexibility index (Phi) is 5.86. The van der Waals surface area contributed by atoms with E-state index in [9.17, 15) is 4.79 Å². The van der Waals surface area contributed by atoms with Crippen molar-refractivity contribution in [2.75, 3.05) is 13.7 Å². The van der Waals surface area contributed by atoms with Crippen molar-refractivity contribution < 1.29 is 18.7 Å². The summed E-state index contributed by atoms with van der Waals surface area (Å²) in [5, 5.41) is 2.81. The van der Waals surface area contributed by atoms with Gasteiger partial charge in [-0.2, -0.15) is 0 Å². The van der Waals surface area contributed by atoms with Crippen LogP contribution in [0.25, 0.3) is 0 Å². The summed E-state index contributed by atoms with van der Waals surface area (Å²) in [6, 6.07) is 8.97. The third-order valence-electron chi connectivity index (χ3n) is 3.31. The number of furan rings is 1. The van der Waals surface area contributed by atoms with E-state index in [4.69, 9.17) is 13.9 Å². The molecule has 0 saturated carbocycles. The molecule has 0 fully saturated rings. The Bertz CT molecular complexity index is 649. The van der Waals surface area contributed by atoms with Crippen molar-refractivity contribution in [2.45, 2.75) is 19.4 Å². The van der Waals surface area contributed by atoms with Gasteiger partial charge in [-0.1, -0.05) is 12.1 Å². The summed E-state index contributed by atoms with van der Waals surface area (Å²) in [7, 11) is 1.57. The Hall–Kier alpha value is -2.69. The van der Waals surface area contributed by atoms with Crippen molar-refractivity contribution in [2.24, 2.45) is 0 Å². The van der Waals surface area contributed by atoms with Gasteiger partial charge in [-0.3, -0.25) is 4.79 Å². The van der Waals surface area contributed by atoms with Gasteiger partial charge in [0, 0.05) is 0 Å². The van der Waals surface area contributed by atoms with E-state index in [1.54, 1.807) is 25.5 Å². The fourth-order valence-corrected chi connectivity index (χ4v) is 2.16. The summed E-state index contributed by atoms with van der Waals surface area (Å²) in [6.45, 7) is 5.46. The summed E-state index contributed by atoms with van der Waals surface area (Å²) < 4.78 is 16.1. The van der Waals surface area contributed by atoms with Gasteiger partial charge < -0.3 is 19.2 Å². The standard InChI is InChI=1S/C18H21NO4/c1-4-6-14-8-9-16(17(11-14)21-3)23-12-18(20)19-13(2)15-7-5-10-22-15/h4-5,7-11,13H,1,6,12H2,2-3H3,(H,19,20). The quantitative estimate of drug-likeness (QED) is 0.760. The van der Waals surface area contributed by atoms with Crippen LogP contribution < -0.4 is 14.8 Å². The lowest BCUT2D eigenvalue weighted by atomic mass is 10.1. The van der Waals surface area contributed by atoms with Crippen molar-refractivity contribution in [3.8, 4) is 11.5 Å². The molecule has 0 aliphatic heterocycles. The van der Waals surface area contributed by atoms with Crippen LogP contribution in [0.2, 0.25) is 0 Å². The SMILES string of the molecule is C=CCc1ccc(OCC(=O)NC(C)c2ccco2)c(OC)c1. The minimum absolute atomic E-state index is 0.0950. The average Bonchev–Trinajstić information content (AvgIpc) is 3.08. The van der Waals surface area contributed by atoms with E-state index in [1.165, 1.54) is 0 Å². The maximum atomic E-state index is 12.0. The van der Waals surface area contributed by atoms with Crippen LogP contribution in [0.3, 0.4) is 0 Å². The molecule has 2 aromatic rings. The zero-order valence-electron chi connectivity index (χ0n) is 13.4. The molecule has 1 aromatic heterocycles. The first-order valence-corrected chi connectivity index (χ1v) is 7.37. The van der Waals surface area contributed by atoms with Gasteiger partial charge >= 0.3 is 0 Å². The topological polar surface area (TPSA) is 60.7 Å². The number of hydrogen-bond donors (Lipinski definition) is 1. The average molecular weight is 315 g/mol. The van der Waals surface area contributed by atoms with E-state index in [0.29, 0.717) is 17.3 Å². The maximum absolute atomic E-state index is 12.0. The van der Waals surface area contributed by atoms with Crippen molar-refractivity contribution >= 4 is 5.91 Å². The second-order valence-electron chi connectivity index (χ2n) is 5.07. The zero-order valence-corrected chi connectivity index (χ0v) is 13.4. The van der Waals surface area contributed by atoms with Crippen LogP contribution >= 0.6 is 0 Å². The molecule has 1 heterocycles.